The molecule has 0 spiro atoms. The Bertz CT molecular complexity index is 138. The summed E-state index contributed by atoms with van der Waals surface area (Å²) < 4.78 is 0. The average molecular weight is 200 g/mol. The van der Waals surface area contributed by atoms with Gasteiger partial charge in [-0.15, -0.1) is 0 Å². The van der Waals surface area contributed by atoms with Gasteiger partial charge in [0.25, 0.3) is 0 Å². The Morgan fingerprint density at radius 3 is 2.21 bits per heavy atom. The highest BCUT2D eigenvalue weighted by Gasteiger charge is 2.20. The Morgan fingerprint density at radius 2 is 1.79 bits per heavy atom. The molecule has 2 N–H and O–H groups in total. The zero-order valence-electron chi connectivity index (χ0n) is 10.6. The molecule has 86 valence electrons. The molecular formula is C12H28N2. The van der Waals surface area contributed by atoms with Gasteiger partial charge in [0.1, 0.15) is 0 Å². The lowest BCUT2D eigenvalue weighted by Gasteiger charge is -2.28. The number of nitrogens with two attached hydrogens (primary N) is 1. The van der Waals surface area contributed by atoms with E-state index in [1.807, 2.05) is 0 Å². The van der Waals surface area contributed by atoms with Gasteiger partial charge in [-0.2, -0.15) is 0 Å². The maximum atomic E-state index is 6.10. The summed E-state index contributed by atoms with van der Waals surface area (Å²) in [5.41, 5.74) is 6.34. The molecule has 0 rings (SSSR count). The van der Waals surface area contributed by atoms with E-state index in [0.29, 0.717) is 6.04 Å². The van der Waals surface area contributed by atoms with Crippen LogP contribution < -0.4 is 5.73 Å². The van der Waals surface area contributed by atoms with Gasteiger partial charge in [-0.25, -0.2) is 0 Å². The molecule has 14 heavy (non-hydrogen) atoms. The number of hydrogen-bond donors (Lipinski definition) is 1. The molecule has 0 fully saturated rings. The van der Waals surface area contributed by atoms with Gasteiger partial charge < -0.3 is 10.6 Å². The molecule has 0 radical (unpaired) electrons. The third-order valence-corrected chi connectivity index (χ3v) is 2.83. The molecule has 0 aromatic heterocycles. The van der Waals surface area contributed by atoms with Crippen LogP contribution in [-0.4, -0.2) is 31.1 Å². The fraction of sp³-hybridized carbons (Fsp3) is 1.00. The lowest BCUT2D eigenvalue weighted by Crippen LogP contribution is -2.38. The van der Waals surface area contributed by atoms with E-state index in [2.05, 4.69) is 39.6 Å². The van der Waals surface area contributed by atoms with Gasteiger partial charge in [-0.1, -0.05) is 34.1 Å². The first-order chi connectivity index (χ1) is 6.38. The van der Waals surface area contributed by atoms with E-state index >= 15 is 0 Å². The molecular weight excluding hydrogens is 172 g/mol. The van der Waals surface area contributed by atoms with Crippen LogP contribution in [0.25, 0.3) is 0 Å². The molecule has 1 atom stereocenters. The highest BCUT2D eigenvalue weighted by atomic mass is 15.1. The maximum Gasteiger partial charge on any atom is 0.00998 e. The van der Waals surface area contributed by atoms with Crippen molar-refractivity contribution < 1.29 is 0 Å². The third-order valence-electron chi connectivity index (χ3n) is 2.83. The summed E-state index contributed by atoms with van der Waals surface area (Å²) in [5.74, 6) is 0. The van der Waals surface area contributed by atoms with Crippen molar-refractivity contribution in [2.75, 3.05) is 20.1 Å². The highest BCUT2D eigenvalue weighted by Crippen LogP contribution is 2.19. The third kappa shape index (κ3) is 6.39. The molecule has 0 aliphatic rings. The van der Waals surface area contributed by atoms with Crippen molar-refractivity contribution in [2.45, 2.75) is 53.0 Å². The zero-order valence-corrected chi connectivity index (χ0v) is 10.6. The molecule has 0 aliphatic carbocycles. The Hall–Kier alpha value is -0.0800. The van der Waals surface area contributed by atoms with Crippen LogP contribution in [0.2, 0.25) is 0 Å². The Labute approximate surface area is 89.9 Å². The molecule has 0 saturated carbocycles. The Morgan fingerprint density at radius 1 is 1.21 bits per heavy atom. The van der Waals surface area contributed by atoms with E-state index < -0.39 is 0 Å². The summed E-state index contributed by atoms with van der Waals surface area (Å²) in [7, 11) is 2.19. The second-order valence-electron chi connectivity index (χ2n) is 5.42. The van der Waals surface area contributed by atoms with E-state index in [9.17, 15) is 0 Å². The molecule has 1 unspecified atom stereocenters. The van der Waals surface area contributed by atoms with Gasteiger partial charge in [-0.3, -0.25) is 0 Å². The van der Waals surface area contributed by atoms with Crippen molar-refractivity contribution in [1.29, 1.82) is 0 Å². The topological polar surface area (TPSA) is 29.3 Å². The van der Waals surface area contributed by atoms with E-state index in [1.54, 1.807) is 0 Å². The molecule has 0 aromatic rings. The first kappa shape index (κ1) is 13.9. The minimum atomic E-state index is 0.242. The van der Waals surface area contributed by atoms with Crippen LogP contribution in [0, 0.1) is 5.41 Å². The molecule has 0 aliphatic heterocycles. The molecule has 0 aromatic carbocycles. The second-order valence-corrected chi connectivity index (χ2v) is 5.42. The van der Waals surface area contributed by atoms with Gasteiger partial charge in [0, 0.05) is 6.04 Å². The summed E-state index contributed by atoms with van der Waals surface area (Å²) in [6.07, 6.45) is 3.67. The predicted molar refractivity (Wildman–Crippen MR) is 64.5 cm³/mol. The number of rotatable bonds is 6. The van der Waals surface area contributed by atoms with Crippen LogP contribution in [0.4, 0.5) is 0 Å². The number of hydrogen-bond acceptors (Lipinski definition) is 2. The van der Waals surface area contributed by atoms with Crippen molar-refractivity contribution in [3.63, 3.8) is 0 Å². The minimum Gasteiger partial charge on any atom is -0.327 e. The van der Waals surface area contributed by atoms with E-state index in [0.717, 1.165) is 13.0 Å². The van der Waals surface area contributed by atoms with Crippen molar-refractivity contribution >= 4 is 0 Å². The first-order valence-corrected chi connectivity index (χ1v) is 5.82. The van der Waals surface area contributed by atoms with Gasteiger partial charge in [0.2, 0.25) is 0 Å². The highest BCUT2D eigenvalue weighted by molar-refractivity contribution is 4.77. The zero-order chi connectivity index (χ0) is 11.2. The fourth-order valence-corrected chi connectivity index (χ4v) is 1.33. The Kier molecular flexibility index (Phi) is 6.38. The Balaban J connectivity index is 3.61. The molecule has 0 amide bonds. The summed E-state index contributed by atoms with van der Waals surface area (Å²) >= 11 is 0. The van der Waals surface area contributed by atoms with Crippen LogP contribution in [0.15, 0.2) is 0 Å². The average Bonchev–Trinajstić information content (AvgIpc) is 2.09. The number of nitrogens with zero attached hydrogens (tertiary/aromatic N) is 1. The smallest absolute Gasteiger partial charge is 0.00998 e. The molecule has 2 heteroatoms. The maximum absolute atomic E-state index is 6.10. The fourth-order valence-electron chi connectivity index (χ4n) is 1.33. The van der Waals surface area contributed by atoms with E-state index in [4.69, 9.17) is 5.73 Å². The summed E-state index contributed by atoms with van der Waals surface area (Å²) in [6, 6.07) is 0.312. The largest absolute Gasteiger partial charge is 0.327 e. The van der Waals surface area contributed by atoms with E-state index in [1.165, 1.54) is 19.4 Å². The lowest BCUT2D eigenvalue weighted by atomic mass is 9.85. The van der Waals surface area contributed by atoms with Gasteiger partial charge in [-0.05, 0) is 38.4 Å². The molecule has 0 saturated heterocycles. The molecule has 0 bridgehead atoms. The van der Waals surface area contributed by atoms with Crippen LogP contribution >= 0.6 is 0 Å². The quantitative estimate of drug-likeness (QED) is 0.714. The normalized spacial score (nSPS) is 14.8. The van der Waals surface area contributed by atoms with Gasteiger partial charge in [0.05, 0.1) is 0 Å². The van der Waals surface area contributed by atoms with Crippen LogP contribution in [-0.2, 0) is 0 Å². The van der Waals surface area contributed by atoms with Crippen molar-refractivity contribution in [1.82, 2.24) is 4.90 Å². The standard InChI is InChI=1S/C12H28N2/c1-6-7-9-14(5)10-8-11(13)12(2,3)4/h11H,6-10,13H2,1-5H3. The van der Waals surface area contributed by atoms with Crippen LogP contribution in [0.5, 0.6) is 0 Å². The second kappa shape index (κ2) is 6.41. The molecule has 2 nitrogen and oxygen atoms in total. The minimum absolute atomic E-state index is 0.242. The summed E-state index contributed by atoms with van der Waals surface area (Å²) in [5, 5.41) is 0. The van der Waals surface area contributed by atoms with Gasteiger partial charge >= 0.3 is 0 Å². The lowest BCUT2D eigenvalue weighted by molar-refractivity contribution is 0.253. The SMILES string of the molecule is CCCCN(C)CCC(N)C(C)(C)C. The van der Waals surface area contributed by atoms with Crippen molar-refractivity contribution in [3.8, 4) is 0 Å². The van der Waals surface area contributed by atoms with Crippen molar-refractivity contribution in [3.05, 3.63) is 0 Å². The van der Waals surface area contributed by atoms with Crippen molar-refractivity contribution in [2.24, 2.45) is 11.1 Å². The van der Waals surface area contributed by atoms with Crippen LogP contribution in [0.1, 0.15) is 47.0 Å². The van der Waals surface area contributed by atoms with E-state index in [-0.39, 0.29) is 5.41 Å². The predicted octanol–water partition coefficient (Wildman–Crippen LogP) is 2.48. The monoisotopic (exact) mass is 200 g/mol. The summed E-state index contributed by atoms with van der Waals surface area (Å²) in [4.78, 5) is 2.38. The molecule has 0 heterocycles. The van der Waals surface area contributed by atoms with Crippen LogP contribution in [0.3, 0.4) is 0 Å². The first-order valence-electron chi connectivity index (χ1n) is 5.82. The summed E-state index contributed by atoms with van der Waals surface area (Å²) in [6.45, 7) is 11.2. The van der Waals surface area contributed by atoms with Gasteiger partial charge in [0.15, 0.2) is 0 Å². The number of unbranched alkanes of at least 4 members (excludes halogenated alkanes) is 1.